The van der Waals surface area contributed by atoms with Crippen LogP contribution >= 0.6 is 0 Å². The van der Waals surface area contributed by atoms with E-state index in [2.05, 4.69) is 10.3 Å². The maximum absolute atomic E-state index is 14.5. The van der Waals surface area contributed by atoms with Crippen molar-refractivity contribution in [3.63, 3.8) is 0 Å². The molecule has 2 aromatic carbocycles. The number of rotatable bonds is 3. The van der Waals surface area contributed by atoms with Crippen LogP contribution in [0.15, 0.2) is 41.5 Å². The molecule has 31 heavy (non-hydrogen) atoms. The molecule has 10 heteroatoms. The highest BCUT2D eigenvalue weighted by Crippen LogP contribution is 2.34. The van der Waals surface area contributed by atoms with Crippen LogP contribution in [0.2, 0.25) is 0 Å². The fourth-order valence-corrected chi connectivity index (χ4v) is 3.34. The van der Waals surface area contributed by atoms with Gasteiger partial charge in [0.05, 0.1) is 29.5 Å². The molecule has 8 nitrogen and oxygen atoms in total. The monoisotopic (exact) mass is 425 g/mol. The quantitative estimate of drug-likeness (QED) is 0.694. The third-order valence-corrected chi connectivity index (χ3v) is 4.99. The van der Waals surface area contributed by atoms with Crippen molar-refractivity contribution < 1.29 is 18.3 Å². The number of nitrogens with one attached hydrogen (secondary N) is 1. The van der Waals surface area contributed by atoms with Crippen LogP contribution in [-0.2, 0) is 7.05 Å². The van der Waals surface area contributed by atoms with E-state index in [1.165, 1.54) is 34.0 Å². The standard InChI is InChI=1S/C21H17F2N5O3/c1-27-11-25-17-4-2-13(8-14(17)20(27)29)31-19-15(9-24)18(5-3-16(19)23)26-21(30)28-7-6-12(22)10-28/h2-5,8,11-12H,6-7,10H2,1H3,(H,26,30)/t12-/m1/s1. The molecule has 2 amide bonds. The van der Waals surface area contributed by atoms with Gasteiger partial charge < -0.3 is 19.5 Å². The van der Waals surface area contributed by atoms with E-state index in [0.717, 1.165) is 6.07 Å². The molecule has 1 aliphatic rings. The summed E-state index contributed by atoms with van der Waals surface area (Å²) in [5, 5.41) is 12.4. The lowest BCUT2D eigenvalue weighted by molar-refractivity contribution is 0.218. The van der Waals surface area contributed by atoms with Crippen molar-refractivity contribution in [3.05, 3.63) is 58.4 Å². The van der Waals surface area contributed by atoms with E-state index in [1.807, 2.05) is 6.07 Å². The summed E-state index contributed by atoms with van der Waals surface area (Å²) >= 11 is 0. The third-order valence-electron chi connectivity index (χ3n) is 4.99. The van der Waals surface area contributed by atoms with Gasteiger partial charge in [0.25, 0.3) is 5.56 Å². The van der Waals surface area contributed by atoms with E-state index in [1.54, 1.807) is 13.1 Å². The summed E-state index contributed by atoms with van der Waals surface area (Å²) in [6, 6.07) is 7.98. The number of anilines is 1. The van der Waals surface area contributed by atoms with Crippen LogP contribution in [0.4, 0.5) is 19.3 Å². The van der Waals surface area contributed by atoms with Gasteiger partial charge in [-0.25, -0.2) is 18.6 Å². The Morgan fingerprint density at radius 2 is 2.16 bits per heavy atom. The SMILES string of the molecule is Cn1cnc2ccc(Oc3c(F)ccc(NC(=O)N4CC[C@@H](F)C4)c3C#N)cc2c1=O. The van der Waals surface area contributed by atoms with Crippen molar-refractivity contribution in [3.8, 4) is 17.6 Å². The predicted molar refractivity (Wildman–Crippen MR) is 108 cm³/mol. The predicted octanol–water partition coefficient (Wildman–Crippen LogP) is 3.31. The van der Waals surface area contributed by atoms with E-state index in [0.29, 0.717) is 5.52 Å². The minimum absolute atomic E-state index is 0.0320. The summed E-state index contributed by atoms with van der Waals surface area (Å²) in [5.41, 5.74) is -0.0726. The number of alkyl halides is 1. The molecule has 0 spiro atoms. The molecule has 1 N–H and O–H groups in total. The number of carbonyl (C=O) groups is 1. The molecule has 0 radical (unpaired) electrons. The second-order valence-corrected chi connectivity index (χ2v) is 7.11. The topological polar surface area (TPSA) is 100 Å². The van der Waals surface area contributed by atoms with E-state index in [-0.39, 0.29) is 47.5 Å². The van der Waals surface area contributed by atoms with Crippen molar-refractivity contribution in [2.24, 2.45) is 7.05 Å². The van der Waals surface area contributed by atoms with Crippen LogP contribution in [0.3, 0.4) is 0 Å². The summed E-state index contributed by atoms with van der Waals surface area (Å²) in [4.78, 5) is 30.1. The first-order valence-corrected chi connectivity index (χ1v) is 9.43. The lowest BCUT2D eigenvalue weighted by Gasteiger charge is -2.18. The van der Waals surface area contributed by atoms with Crippen molar-refractivity contribution >= 4 is 22.6 Å². The Morgan fingerprint density at radius 1 is 1.35 bits per heavy atom. The van der Waals surface area contributed by atoms with Gasteiger partial charge in [0.2, 0.25) is 0 Å². The zero-order chi connectivity index (χ0) is 22.1. The fourth-order valence-electron chi connectivity index (χ4n) is 3.34. The van der Waals surface area contributed by atoms with Gasteiger partial charge in [0.15, 0.2) is 11.6 Å². The minimum atomic E-state index is -1.09. The fraction of sp³-hybridized carbons (Fsp3) is 0.238. The minimum Gasteiger partial charge on any atom is -0.453 e. The molecule has 1 aromatic heterocycles. The summed E-state index contributed by atoms with van der Waals surface area (Å²) in [5.74, 6) is -1.10. The summed E-state index contributed by atoms with van der Waals surface area (Å²) < 4.78 is 34.8. The van der Waals surface area contributed by atoms with E-state index in [4.69, 9.17) is 4.74 Å². The molecule has 158 valence electrons. The number of fused-ring (bicyclic) bond motifs is 1. The van der Waals surface area contributed by atoms with Crippen molar-refractivity contribution in [2.45, 2.75) is 12.6 Å². The smallest absolute Gasteiger partial charge is 0.321 e. The van der Waals surface area contributed by atoms with E-state index in [9.17, 15) is 23.6 Å². The molecule has 1 aliphatic heterocycles. The average Bonchev–Trinajstić information content (AvgIpc) is 3.20. The van der Waals surface area contributed by atoms with E-state index < -0.39 is 23.8 Å². The number of carbonyl (C=O) groups excluding carboxylic acids is 1. The second kappa shape index (κ2) is 8.02. The molecule has 0 aliphatic carbocycles. The van der Waals surface area contributed by atoms with Gasteiger partial charge in [-0.05, 0) is 36.8 Å². The molecule has 1 saturated heterocycles. The first kappa shape index (κ1) is 20.3. The van der Waals surface area contributed by atoms with Gasteiger partial charge in [-0.15, -0.1) is 0 Å². The van der Waals surface area contributed by atoms with Gasteiger partial charge in [0, 0.05) is 13.6 Å². The molecular formula is C21H17F2N5O3. The van der Waals surface area contributed by atoms with Crippen LogP contribution in [0, 0.1) is 17.1 Å². The largest absolute Gasteiger partial charge is 0.453 e. The Bertz CT molecular complexity index is 1280. The summed E-state index contributed by atoms with van der Waals surface area (Å²) in [6.07, 6.45) is 0.534. The zero-order valence-corrected chi connectivity index (χ0v) is 16.4. The van der Waals surface area contributed by atoms with Crippen LogP contribution in [0.1, 0.15) is 12.0 Å². The number of benzene rings is 2. The number of nitriles is 1. The molecule has 0 saturated carbocycles. The van der Waals surface area contributed by atoms with Crippen molar-refractivity contribution in [1.82, 2.24) is 14.5 Å². The average molecular weight is 425 g/mol. The number of amides is 2. The van der Waals surface area contributed by atoms with Gasteiger partial charge >= 0.3 is 6.03 Å². The number of ether oxygens (including phenoxy) is 1. The number of aryl methyl sites for hydroxylation is 1. The molecule has 1 fully saturated rings. The number of urea groups is 1. The number of aromatic nitrogens is 2. The van der Waals surface area contributed by atoms with Gasteiger partial charge in [-0.1, -0.05) is 0 Å². The number of hydrogen-bond donors (Lipinski definition) is 1. The summed E-state index contributed by atoms with van der Waals surface area (Å²) in [7, 11) is 1.55. The normalized spacial score (nSPS) is 15.7. The molecule has 4 rings (SSSR count). The zero-order valence-electron chi connectivity index (χ0n) is 16.4. The molecule has 1 atom stereocenters. The van der Waals surface area contributed by atoms with Gasteiger partial charge in [-0.3, -0.25) is 4.79 Å². The maximum atomic E-state index is 14.5. The van der Waals surface area contributed by atoms with Gasteiger partial charge in [0.1, 0.15) is 23.6 Å². The summed E-state index contributed by atoms with van der Waals surface area (Å²) in [6.45, 7) is 0.206. The Morgan fingerprint density at radius 3 is 2.87 bits per heavy atom. The highest BCUT2D eigenvalue weighted by atomic mass is 19.1. The van der Waals surface area contributed by atoms with Gasteiger partial charge in [-0.2, -0.15) is 5.26 Å². The molecule has 0 unspecified atom stereocenters. The number of nitrogens with zero attached hydrogens (tertiary/aromatic N) is 4. The third kappa shape index (κ3) is 3.90. The van der Waals surface area contributed by atoms with E-state index >= 15 is 0 Å². The van der Waals surface area contributed by atoms with Crippen molar-refractivity contribution in [2.75, 3.05) is 18.4 Å². The Balaban J connectivity index is 1.67. The Hall–Kier alpha value is -4.00. The first-order valence-electron chi connectivity index (χ1n) is 9.43. The van der Waals surface area contributed by atoms with Crippen LogP contribution in [-0.4, -0.2) is 39.7 Å². The number of halogens is 2. The maximum Gasteiger partial charge on any atom is 0.321 e. The molecule has 2 heterocycles. The second-order valence-electron chi connectivity index (χ2n) is 7.11. The highest BCUT2D eigenvalue weighted by Gasteiger charge is 2.27. The Kier molecular flexibility index (Phi) is 5.25. The highest BCUT2D eigenvalue weighted by molar-refractivity contribution is 5.91. The van der Waals surface area contributed by atoms with Crippen LogP contribution in [0.25, 0.3) is 10.9 Å². The van der Waals surface area contributed by atoms with Crippen molar-refractivity contribution in [1.29, 1.82) is 5.26 Å². The lowest BCUT2D eigenvalue weighted by Crippen LogP contribution is -2.33. The molecular weight excluding hydrogens is 408 g/mol. The number of likely N-dealkylation sites (tertiary alicyclic amines) is 1. The lowest BCUT2D eigenvalue weighted by atomic mass is 10.1. The number of hydrogen-bond acceptors (Lipinski definition) is 5. The molecule has 3 aromatic rings. The molecule has 0 bridgehead atoms. The van der Waals surface area contributed by atoms with Crippen LogP contribution in [0.5, 0.6) is 11.5 Å². The Labute approximate surface area is 175 Å². The first-order chi connectivity index (χ1) is 14.9. The van der Waals surface area contributed by atoms with Crippen LogP contribution < -0.4 is 15.6 Å².